The zero-order chi connectivity index (χ0) is 10.6. The van der Waals surface area contributed by atoms with Crippen molar-refractivity contribution < 1.29 is 14.6 Å². The lowest BCUT2D eigenvalue weighted by Crippen LogP contribution is -2.43. The van der Waals surface area contributed by atoms with E-state index in [1.807, 2.05) is 6.92 Å². The van der Waals surface area contributed by atoms with Gasteiger partial charge in [-0.15, -0.1) is 0 Å². The number of nitrogens with one attached hydrogen (secondary N) is 1. The van der Waals surface area contributed by atoms with Crippen LogP contribution in [-0.4, -0.2) is 42.9 Å². The van der Waals surface area contributed by atoms with Gasteiger partial charge in [0.15, 0.2) is 0 Å². The number of hydrogen-bond donors (Lipinski definition) is 3. The van der Waals surface area contributed by atoms with Gasteiger partial charge in [-0.1, -0.05) is 6.92 Å². The van der Waals surface area contributed by atoms with Crippen LogP contribution >= 0.6 is 0 Å². The summed E-state index contributed by atoms with van der Waals surface area (Å²) in [5.41, 5.74) is 5.67. The van der Waals surface area contributed by atoms with Crippen LogP contribution in [0.25, 0.3) is 0 Å². The largest absolute Gasteiger partial charge is 0.391 e. The molecule has 0 aromatic rings. The quantitative estimate of drug-likeness (QED) is 0.537. The molecule has 0 aliphatic carbocycles. The van der Waals surface area contributed by atoms with Crippen LogP contribution in [0.2, 0.25) is 0 Å². The molecule has 1 rings (SSSR count). The van der Waals surface area contributed by atoms with Gasteiger partial charge in [-0.25, -0.2) is 0 Å². The van der Waals surface area contributed by atoms with Crippen LogP contribution in [0.5, 0.6) is 0 Å². The minimum absolute atomic E-state index is 0.123. The van der Waals surface area contributed by atoms with Crippen LogP contribution in [0.3, 0.4) is 0 Å². The van der Waals surface area contributed by atoms with Crippen LogP contribution in [0.1, 0.15) is 13.3 Å². The third-order valence-corrected chi connectivity index (χ3v) is 2.44. The Morgan fingerprint density at radius 1 is 1.71 bits per heavy atom. The highest BCUT2D eigenvalue weighted by Crippen LogP contribution is 2.11. The van der Waals surface area contributed by atoms with Gasteiger partial charge in [0.25, 0.3) is 0 Å². The summed E-state index contributed by atoms with van der Waals surface area (Å²) in [5.74, 6) is -0.387. The van der Waals surface area contributed by atoms with Gasteiger partial charge < -0.3 is 20.9 Å². The fourth-order valence-corrected chi connectivity index (χ4v) is 1.33. The average Bonchev–Trinajstić information content (AvgIpc) is 2.60. The number of carbonyl (C=O) groups is 1. The Morgan fingerprint density at radius 3 is 2.93 bits per heavy atom. The van der Waals surface area contributed by atoms with Crippen molar-refractivity contribution in [3.05, 3.63) is 0 Å². The lowest BCUT2D eigenvalue weighted by molar-refractivity contribution is -0.125. The number of hydrogen-bond acceptors (Lipinski definition) is 4. The minimum Gasteiger partial charge on any atom is -0.391 e. The van der Waals surface area contributed by atoms with E-state index >= 15 is 0 Å². The molecule has 1 fully saturated rings. The normalized spacial score (nSPS) is 28.8. The Bertz CT molecular complexity index is 198. The van der Waals surface area contributed by atoms with Crippen LogP contribution < -0.4 is 11.1 Å². The van der Waals surface area contributed by atoms with Crippen molar-refractivity contribution in [2.45, 2.75) is 25.5 Å². The standard InChI is InChI=1S/C9H18N2O3/c1-2-6(12)3-11-9(13)7-4-14-5-8(7)10/h6-8,12H,2-5,10H2,1H3,(H,11,13). The Morgan fingerprint density at radius 2 is 2.43 bits per heavy atom. The second kappa shape index (κ2) is 5.29. The van der Waals surface area contributed by atoms with E-state index in [1.54, 1.807) is 0 Å². The summed E-state index contributed by atoms with van der Waals surface area (Å²) in [5, 5.41) is 11.9. The number of aliphatic hydroxyl groups is 1. The number of nitrogens with two attached hydrogens (primary N) is 1. The minimum atomic E-state index is -0.475. The third kappa shape index (κ3) is 2.94. The summed E-state index contributed by atoms with van der Waals surface area (Å²) in [6.45, 7) is 2.98. The van der Waals surface area contributed by atoms with Crippen LogP contribution in [0.15, 0.2) is 0 Å². The Kier molecular flexibility index (Phi) is 4.31. The SMILES string of the molecule is CCC(O)CNC(=O)C1COCC1N. The maximum atomic E-state index is 11.5. The molecule has 0 saturated carbocycles. The molecule has 3 unspecified atom stereocenters. The number of aliphatic hydroxyl groups excluding tert-OH is 1. The van der Waals surface area contributed by atoms with Crippen molar-refractivity contribution in [1.29, 1.82) is 0 Å². The molecule has 1 amide bonds. The predicted octanol–water partition coefficient (Wildman–Crippen LogP) is -1.15. The third-order valence-electron chi connectivity index (χ3n) is 2.44. The van der Waals surface area contributed by atoms with E-state index in [0.717, 1.165) is 0 Å². The molecule has 1 heterocycles. The first-order chi connectivity index (χ1) is 6.65. The predicted molar refractivity (Wildman–Crippen MR) is 51.6 cm³/mol. The van der Waals surface area contributed by atoms with E-state index in [-0.39, 0.29) is 17.9 Å². The molecular weight excluding hydrogens is 184 g/mol. The molecule has 4 N–H and O–H groups in total. The molecular formula is C9H18N2O3. The zero-order valence-electron chi connectivity index (χ0n) is 8.40. The van der Waals surface area contributed by atoms with Crippen LogP contribution in [-0.2, 0) is 9.53 Å². The fourth-order valence-electron chi connectivity index (χ4n) is 1.33. The fraction of sp³-hybridized carbons (Fsp3) is 0.889. The summed E-state index contributed by atoms with van der Waals surface area (Å²) in [6, 6.07) is -0.214. The number of carbonyl (C=O) groups excluding carboxylic acids is 1. The molecule has 0 radical (unpaired) electrons. The summed E-state index contributed by atoms with van der Waals surface area (Å²) >= 11 is 0. The molecule has 82 valence electrons. The number of rotatable bonds is 4. The second-order valence-electron chi connectivity index (χ2n) is 3.62. The van der Waals surface area contributed by atoms with Crippen molar-refractivity contribution in [2.75, 3.05) is 19.8 Å². The van der Waals surface area contributed by atoms with Crippen molar-refractivity contribution in [3.63, 3.8) is 0 Å². The van der Waals surface area contributed by atoms with Gasteiger partial charge in [0, 0.05) is 12.6 Å². The molecule has 0 spiro atoms. The van der Waals surface area contributed by atoms with Crippen LogP contribution in [0, 0.1) is 5.92 Å². The van der Waals surface area contributed by atoms with E-state index in [4.69, 9.17) is 10.5 Å². The topological polar surface area (TPSA) is 84.6 Å². The van der Waals surface area contributed by atoms with Gasteiger partial charge >= 0.3 is 0 Å². The average molecular weight is 202 g/mol. The summed E-state index contributed by atoms with van der Waals surface area (Å²) < 4.78 is 5.08. The molecule has 0 aromatic heterocycles. The maximum absolute atomic E-state index is 11.5. The van der Waals surface area contributed by atoms with E-state index < -0.39 is 6.10 Å². The van der Waals surface area contributed by atoms with Crippen molar-refractivity contribution >= 4 is 5.91 Å². The molecule has 5 heteroatoms. The Balaban J connectivity index is 2.27. The van der Waals surface area contributed by atoms with E-state index in [9.17, 15) is 9.90 Å². The Hall–Kier alpha value is -0.650. The summed E-state index contributed by atoms with van der Waals surface area (Å²) in [7, 11) is 0. The van der Waals surface area contributed by atoms with E-state index in [2.05, 4.69) is 5.32 Å². The van der Waals surface area contributed by atoms with E-state index in [0.29, 0.717) is 26.2 Å². The summed E-state index contributed by atoms with van der Waals surface area (Å²) in [4.78, 5) is 11.5. The highest BCUT2D eigenvalue weighted by Gasteiger charge is 2.31. The van der Waals surface area contributed by atoms with Crippen molar-refractivity contribution in [1.82, 2.24) is 5.32 Å². The summed E-state index contributed by atoms with van der Waals surface area (Å²) in [6.07, 6.45) is 0.158. The van der Waals surface area contributed by atoms with Gasteiger partial charge in [0.05, 0.1) is 25.2 Å². The number of ether oxygens (including phenoxy) is 1. The van der Waals surface area contributed by atoms with Crippen molar-refractivity contribution in [2.24, 2.45) is 11.7 Å². The second-order valence-corrected chi connectivity index (χ2v) is 3.62. The van der Waals surface area contributed by atoms with Gasteiger partial charge in [-0.05, 0) is 6.42 Å². The molecule has 5 nitrogen and oxygen atoms in total. The van der Waals surface area contributed by atoms with Gasteiger partial charge in [-0.2, -0.15) is 0 Å². The van der Waals surface area contributed by atoms with Gasteiger partial charge in [0.2, 0.25) is 5.91 Å². The molecule has 14 heavy (non-hydrogen) atoms. The van der Waals surface area contributed by atoms with E-state index in [1.165, 1.54) is 0 Å². The van der Waals surface area contributed by atoms with Gasteiger partial charge in [-0.3, -0.25) is 4.79 Å². The molecule has 0 aromatic carbocycles. The van der Waals surface area contributed by atoms with Crippen LogP contribution in [0.4, 0.5) is 0 Å². The molecule has 0 bridgehead atoms. The Labute approximate surface area is 83.6 Å². The number of amides is 1. The first kappa shape index (κ1) is 11.4. The maximum Gasteiger partial charge on any atom is 0.227 e. The molecule has 1 aliphatic rings. The highest BCUT2D eigenvalue weighted by molar-refractivity contribution is 5.79. The lowest BCUT2D eigenvalue weighted by Gasteiger charge is -2.15. The smallest absolute Gasteiger partial charge is 0.227 e. The lowest BCUT2D eigenvalue weighted by atomic mass is 10.0. The monoisotopic (exact) mass is 202 g/mol. The first-order valence-electron chi connectivity index (χ1n) is 4.94. The van der Waals surface area contributed by atoms with Gasteiger partial charge in [0.1, 0.15) is 0 Å². The van der Waals surface area contributed by atoms with Crippen molar-refractivity contribution in [3.8, 4) is 0 Å². The molecule has 1 saturated heterocycles. The molecule has 1 aliphatic heterocycles. The highest BCUT2D eigenvalue weighted by atomic mass is 16.5. The zero-order valence-corrected chi connectivity index (χ0v) is 8.40. The molecule has 3 atom stereocenters. The first-order valence-corrected chi connectivity index (χ1v) is 4.94.